The van der Waals surface area contributed by atoms with E-state index in [0.717, 1.165) is 17.0 Å². The highest BCUT2D eigenvalue weighted by molar-refractivity contribution is 5.93. The molecule has 6 nitrogen and oxygen atoms in total. The molecule has 0 fully saturated rings. The van der Waals surface area contributed by atoms with Crippen molar-refractivity contribution >= 4 is 17.4 Å². The standard InChI is InChI=1S/C21H22N4O2/c1-25(17-8-4-3-5-9-17)20-14-19(23-15-24-20)21(26)22-12-11-16-7-6-10-18(13-16)27-2/h3-10,13-15H,11-12H2,1-2H3,(H,22,26). The lowest BCUT2D eigenvalue weighted by Crippen LogP contribution is -2.27. The molecular weight excluding hydrogens is 340 g/mol. The van der Waals surface area contributed by atoms with E-state index in [1.807, 2.05) is 66.5 Å². The first-order valence-electron chi connectivity index (χ1n) is 8.69. The van der Waals surface area contributed by atoms with Crippen molar-refractivity contribution in [2.75, 3.05) is 25.6 Å². The number of rotatable bonds is 7. The van der Waals surface area contributed by atoms with Crippen LogP contribution in [-0.4, -0.2) is 36.6 Å². The number of hydrogen-bond donors (Lipinski definition) is 1. The second-order valence-electron chi connectivity index (χ2n) is 6.01. The zero-order valence-electron chi connectivity index (χ0n) is 15.4. The summed E-state index contributed by atoms with van der Waals surface area (Å²) in [6.45, 7) is 0.514. The molecule has 1 amide bonds. The maximum absolute atomic E-state index is 12.4. The Balaban J connectivity index is 1.61. The van der Waals surface area contributed by atoms with Crippen LogP contribution < -0.4 is 15.0 Å². The van der Waals surface area contributed by atoms with Crippen LogP contribution in [0.2, 0.25) is 0 Å². The lowest BCUT2D eigenvalue weighted by atomic mass is 10.1. The van der Waals surface area contributed by atoms with Gasteiger partial charge < -0.3 is 15.0 Å². The number of methoxy groups -OCH3 is 1. The Labute approximate surface area is 158 Å². The number of benzene rings is 2. The highest BCUT2D eigenvalue weighted by atomic mass is 16.5. The number of para-hydroxylation sites is 1. The van der Waals surface area contributed by atoms with Crippen molar-refractivity contribution in [2.24, 2.45) is 0 Å². The van der Waals surface area contributed by atoms with Gasteiger partial charge >= 0.3 is 0 Å². The minimum absolute atomic E-state index is 0.219. The molecule has 0 aliphatic rings. The molecule has 1 aromatic heterocycles. The molecule has 0 unspecified atom stereocenters. The van der Waals surface area contributed by atoms with E-state index in [2.05, 4.69) is 15.3 Å². The summed E-state index contributed by atoms with van der Waals surface area (Å²) in [5, 5.41) is 2.90. The highest BCUT2D eigenvalue weighted by Crippen LogP contribution is 2.20. The third-order valence-corrected chi connectivity index (χ3v) is 4.21. The topological polar surface area (TPSA) is 67.3 Å². The van der Waals surface area contributed by atoms with Crippen molar-refractivity contribution in [3.63, 3.8) is 0 Å². The lowest BCUT2D eigenvalue weighted by Gasteiger charge is -2.18. The summed E-state index contributed by atoms with van der Waals surface area (Å²) in [4.78, 5) is 22.7. The van der Waals surface area contributed by atoms with Crippen LogP contribution in [0.4, 0.5) is 11.5 Å². The normalized spacial score (nSPS) is 10.3. The molecular formula is C21H22N4O2. The fourth-order valence-corrected chi connectivity index (χ4v) is 2.68. The first-order valence-corrected chi connectivity index (χ1v) is 8.69. The average Bonchev–Trinajstić information content (AvgIpc) is 2.74. The van der Waals surface area contributed by atoms with Gasteiger partial charge in [0.2, 0.25) is 0 Å². The third-order valence-electron chi connectivity index (χ3n) is 4.21. The predicted molar refractivity (Wildman–Crippen MR) is 106 cm³/mol. The van der Waals surface area contributed by atoms with Crippen molar-refractivity contribution in [3.8, 4) is 5.75 Å². The SMILES string of the molecule is COc1cccc(CCNC(=O)c2cc(N(C)c3ccccc3)ncn2)c1. The minimum Gasteiger partial charge on any atom is -0.497 e. The Hall–Kier alpha value is -3.41. The Morgan fingerprint density at radius 2 is 1.89 bits per heavy atom. The van der Waals surface area contributed by atoms with Gasteiger partial charge in [0.25, 0.3) is 5.91 Å². The molecule has 3 rings (SSSR count). The molecule has 2 aromatic carbocycles. The fourth-order valence-electron chi connectivity index (χ4n) is 2.68. The summed E-state index contributed by atoms with van der Waals surface area (Å²) < 4.78 is 5.21. The fraction of sp³-hybridized carbons (Fsp3) is 0.190. The van der Waals surface area contributed by atoms with E-state index in [4.69, 9.17) is 4.74 Å². The summed E-state index contributed by atoms with van der Waals surface area (Å²) in [5.41, 5.74) is 2.43. The van der Waals surface area contributed by atoms with Gasteiger partial charge in [0.05, 0.1) is 7.11 Å². The molecule has 27 heavy (non-hydrogen) atoms. The van der Waals surface area contributed by atoms with Gasteiger partial charge in [-0.15, -0.1) is 0 Å². The number of nitrogens with zero attached hydrogens (tertiary/aromatic N) is 3. The van der Waals surface area contributed by atoms with Gasteiger partial charge in [-0.3, -0.25) is 4.79 Å². The Morgan fingerprint density at radius 3 is 2.67 bits per heavy atom. The van der Waals surface area contributed by atoms with E-state index in [1.165, 1.54) is 6.33 Å². The molecule has 0 spiro atoms. The van der Waals surface area contributed by atoms with Crippen LogP contribution in [0, 0.1) is 0 Å². The summed E-state index contributed by atoms with van der Waals surface area (Å²) in [6.07, 6.45) is 2.12. The van der Waals surface area contributed by atoms with Gasteiger partial charge in [-0.25, -0.2) is 9.97 Å². The van der Waals surface area contributed by atoms with E-state index >= 15 is 0 Å². The van der Waals surface area contributed by atoms with Crippen LogP contribution in [-0.2, 0) is 6.42 Å². The first-order chi connectivity index (χ1) is 13.2. The van der Waals surface area contributed by atoms with Crippen LogP contribution in [0.15, 0.2) is 67.0 Å². The van der Waals surface area contributed by atoms with Gasteiger partial charge in [-0.2, -0.15) is 0 Å². The number of amides is 1. The first kappa shape index (κ1) is 18.4. The molecule has 0 radical (unpaired) electrons. The zero-order valence-corrected chi connectivity index (χ0v) is 15.4. The maximum Gasteiger partial charge on any atom is 0.270 e. The lowest BCUT2D eigenvalue weighted by molar-refractivity contribution is 0.0949. The second kappa shape index (κ2) is 8.80. The highest BCUT2D eigenvalue weighted by Gasteiger charge is 2.11. The molecule has 0 aliphatic heterocycles. The predicted octanol–water partition coefficient (Wildman–Crippen LogP) is 3.23. The van der Waals surface area contributed by atoms with Crippen LogP contribution in [0.3, 0.4) is 0 Å². The molecule has 0 bridgehead atoms. The Bertz CT molecular complexity index is 899. The Morgan fingerprint density at radius 1 is 1.07 bits per heavy atom. The quantitative estimate of drug-likeness (QED) is 0.699. The van der Waals surface area contributed by atoms with E-state index in [1.54, 1.807) is 13.2 Å². The van der Waals surface area contributed by atoms with Gasteiger partial charge in [0, 0.05) is 25.3 Å². The van der Waals surface area contributed by atoms with Crippen molar-refractivity contribution in [2.45, 2.75) is 6.42 Å². The second-order valence-corrected chi connectivity index (χ2v) is 6.01. The molecule has 0 saturated carbocycles. The van der Waals surface area contributed by atoms with E-state index in [9.17, 15) is 4.79 Å². The van der Waals surface area contributed by atoms with Gasteiger partial charge in [0.1, 0.15) is 23.6 Å². The monoisotopic (exact) mass is 362 g/mol. The van der Waals surface area contributed by atoms with Crippen LogP contribution >= 0.6 is 0 Å². The van der Waals surface area contributed by atoms with Crippen LogP contribution in [0.5, 0.6) is 5.75 Å². The van der Waals surface area contributed by atoms with E-state index in [0.29, 0.717) is 24.5 Å². The molecule has 1 heterocycles. The number of carbonyl (C=O) groups excluding carboxylic acids is 1. The van der Waals surface area contributed by atoms with Crippen molar-refractivity contribution in [1.29, 1.82) is 0 Å². The van der Waals surface area contributed by atoms with Crippen molar-refractivity contribution in [3.05, 3.63) is 78.2 Å². The number of aromatic nitrogens is 2. The van der Waals surface area contributed by atoms with Gasteiger partial charge in [-0.1, -0.05) is 30.3 Å². The molecule has 3 aromatic rings. The summed E-state index contributed by atoms with van der Waals surface area (Å²) >= 11 is 0. The molecule has 0 saturated heterocycles. The summed E-state index contributed by atoms with van der Waals surface area (Å²) in [5.74, 6) is 1.25. The number of carbonyl (C=O) groups is 1. The van der Waals surface area contributed by atoms with Crippen LogP contribution in [0.25, 0.3) is 0 Å². The molecule has 0 aliphatic carbocycles. The van der Waals surface area contributed by atoms with Gasteiger partial charge in [-0.05, 0) is 36.2 Å². The largest absolute Gasteiger partial charge is 0.497 e. The average molecular weight is 362 g/mol. The van der Waals surface area contributed by atoms with E-state index < -0.39 is 0 Å². The smallest absolute Gasteiger partial charge is 0.270 e. The summed E-state index contributed by atoms with van der Waals surface area (Å²) in [6, 6.07) is 19.3. The van der Waals surface area contributed by atoms with Crippen molar-refractivity contribution < 1.29 is 9.53 Å². The number of anilines is 2. The minimum atomic E-state index is -0.219. The molecule has 6 heteroatoms. The number of ether oxygens (including phenoxy) is 1. The Kier molecular flexibility index (Phi) is 5.99. The van der Waals surface area contributed by atoms with Crippen molar-refractivity contribution in [1.82, 2.24) is 15.3 Å². The third kappa shape index (κ3) is 4.82. The zero-order chi connectivity index (χ0) is 19.1. The maximum atomic E-state index is 12.4. The molecule has 138 valence electrons. The molecule has 0 atom stereocenters. The number of hydrogen-bond acceptors (Lipinski definition) is 5. The molecule has 1 N–H and O–H groups in total. The summed E-state index contributed by atoms with van der Waals surface area (Å²) in [7, 11) is 3.54. The number of nitrogens with one attached hydrogen (secondary N) is 1. The van der Waals surface area contributed by atoms with Gasteiger partial charge in [0.15, 0.2) is 0 Å². The van der Waals surface area contributed by atoms with Crippen LogP contribution in [0.1, 0.15) is 16.1 Å². The van der Waals surface area contributed by atoms with E-state index in [-0.39, 0.29) is 5.91 Å².